The molecular weight excluding hydrogens is 354 g/mol. The van der Waals surface area contributed by atoms with Crippen molar-refractivity contribution in [2.45, 2.75) is 18.9 Å². The molecule has 1 aliphatic carbocycles. The van der Waals surface area contributed by atoms with Crippen molar-refractivity contribution in [2.75, 3.05) is 5.32 Å². The molecule has 92 valence electrons. The van der Waals surface area contributed by atoms with Gasteiger partial charge in [0.25, 0.3) is 0 Å². The van der Waals surface area contributed by atoms with Gasteiger partial charge >= 0.3 is 0 Å². The van der Waals surface area contributed by atoms with Crippen LogP contribution in [0.3, 0.4) is 0 Å². The fourth-order valence-electron chi connectivity index (χ4n) is 2.52. The largest absolute Gasteiger partial charge is 0.378 e. The van der Waals surface area contributed by atoms with E-state index in [0.29, 0.717) is 6.04 Å². The van der Waals surface area contributed by atoms with E-state index >= 15 is 0 Å². The van der Waals surface area contributed by atoms with Crippen molar-refractivity contribution in [1.29, 1.82) is 0 Å². The van der Waals surface area contributed by atoms with Crippen molar-refractivity contribution in [3.05, 3.63) is 62.5 Å². The Labute approximate surface area is 124 Å². The first kappa shape index (κ1) is 12.2. The lowest BCUT2D eigenvalue weighted by molar-refractivity contribution is 0.762. The number of anilines is 1. The summed E-state index contributed by atoms with van der Waals surface area (Å²) in [5.74, 6) is 0. The third-order valence-electron chi connectivity index (χ3n) is 3.35. The van der Waals surface area contributed by atoms with E-state index in [4.69, 9.17) is 0 Å². The summed E-state index contributed by atoms with van der Waals surface area (Å²) in [5, 5.41) is 3.61. The van der Waals surface area contributed by atoms with Crippen LogP contribution in [0, 0.1) is 0 Å². The van der Waals surface area contributed by atoms with E-state index in [-0.39, 0.29) is 0 Å². The summed E-state index contributed by atoms with van der Waals surface area (Å²) in [6.45, 7) is 0. The Morgan fingerprint density at radius 1 is 1.00 bits per heavy atom. The zero-order valence-electron chi connectivity index (χ0n) is 9.79. The Hall–Kier alpha value is -0.800. The van der Waals surface area contributed by atoms with Crippen LogP contribution in [0.5, 0.6) is 0 Å². The minimum Gasteiger partial charge on any atom is -0.378 e. The number of hydrogen-bond acceptors (Lipinski definition) is 1. The molecule has 1 aliphatic rings. The fourth-order valence-corrected chi connectivity index (χ4v) is 3.32. The Morgan fingerprint density at radius 3 is 2.67 bits per heavy atom. The Kier molecular flexibility index (Phi) is 3.44. The first-order valence-electron chi connectivity index (χ1n) is 6.03. The standard InChI is InChI=1S/C15H13Br2N/c16-11-2-1-3-13(9-11)18-15-7-4-10-8-12(17)5-6-14(10)15/h1-3,5-6,8-9,15,18H,4,7H2. The van der Waals surface area contributed by atoms with Crippen molar-refractivity contribution in [3.63, 3.8) is 0 Å². The predicted octanol–water partition coefficient (Wildman–Crippen LogP) is 5.31. The van der Waals surface area contributed by atoms with Crippen LogP contribution in [0.2, 0.25) is 0 Å². The van der Waals surface area contributed by atoms with Gasteiger partial charge in [0.1, 0.15) is 0 Å². The highest BCUT2D eigenvalue weighted by atomic mass is 79.9. The Balaban J connectivity index is 1.85. The molecule has 0 bridgehead atoms. The predicted molar refractivity (Wildman–Crippen MR) is 83.0 cm³/mol. The molecule has 0 spiro atoms. The molecule has 0 amide bonds. The van der Waals surface area contributed by atoms with Crippen molar-refractivity contribution in [3.8, 4) is 0 Å². The van der Waals surface area contributed by atoms with Gasteiger partial charge in [0.15, 0.2) is 0 Å². The van der Waals surface area contributed by atoms with Gasteiger partial charge in [-0.15, -0.1) is 0 Å². The van der Waals surface area contributed by atoms with Crippen LogP contribution in [0.4, 0.5) is 5.69 Å². The van der Waals surface area contributed by atoms with Crippen molar-refractivity contribution >= 4 is 37.5 Å². The SMILES string of the molecule is Brc1cccc(NC2CCc3cc(Br)ccc32)c1. The van der Waals surface area contributed by atoms with Gasteiger partial charge in [-0.2, -0.15) is 0 Å². The lowest BCUT2D eigenvalue weighted by Gasteiger charge is -2.15. The van der Waals surface area contributed by atoms with E-state index in [0.717, 1.165) is 17.3 Å². The number of hydrogen-bond donors (Lipinski definition) is 1. The number of nitrogens with one attached hydrogen (secondary N) is 1. The van der Waals surface area contributed by atoms with Gasteiger partial charge in [-0.1, -0.05) is 44.0 Å². The first-order chi connectivity index (χ1) is 8.72. The van der Waals surface area contributed by atoms with E-state index in [9.17, 15) is 0 Å². The number of rotatable bonds is 2. The quantitative estimate of drug-likeness (QED) is 0.759. The van der Waals surface area contributed by atoms with Gasteiger partial charge in [0.05, 0.1) is 6.04 Å². The average Bonchev–Trinajstić information content (AvgIpc) is 2.72. The van der Waals surface area contributed by atoms with Crippen LogP contribution in [0.25, 0.3) is 0 Å². The van der Waals surface area contributed by atoms with E-state index in [1.54, 1.807) is 0 Å². The molecule has 0 aliphatic heterocycles. The molecule has 0 radical (unpaired) electrons. The van der Waals surface area contributed by atoms with Crippen molar-refractivity contribution in [2.24, 2.45) is 0 Å². The molecule has 0 heterocycles. The molecule has 1 unspecified atom stereocenters. The second kappa shape index (κ2) is 5.06. The number of aryl methyl sites for hydroxylation is 1. The lowest BCUT2D eigenvalue weighted by Crippen LogP contribution is -2.06. The third-order valence-corrected chi connectivity index (χ3v) is 4.33. The normalized spacial score (nSPS) is 17.6. The summed E-state index contributed by atoms with van der Waals surface area (Å²) in [7, 11) is 0. The molecule has 0 aromatic heterocycles. The number of halogens is 2. The fraction of sp³-hybridized carbons (Fsp3) is 0.200. The zero-order valence-corrected chi connectivity index (χ0v) is 13.0. The molecule has 1 atom stereocenters. The highest BCUT2D eigenvalue weighted by Gasteiger charge is 2.22. The summed E-state index contributed by atoms with van der Waals surface area (Å²) >= 11 is 7.04. The van der Waals surface area contributed by atoms with Crippen LogP contribution < -0.4 is 5.32 Å². The van der Waals surface area contributed by atoms with E-state index in [2.05, 4.69) is 73.6 Å². The van der Waals surface area contributed by atoms with Crippen molar-refractivity contribution < 1.29 is 0 Å². The van der Waals surface area contributed by atoms with Gasteiger partial charge in [-0.3, -0.25) is 0 Å². The summed E-state index contributed by atoms with van der Waals surface area (Å²) in [6.07, 6.45) is 2.32. The number of fused-ring (bicyclic) bond motifs is 1. The van der Waals surface area contributed by atoms with Crippen molar-refractivity contribution in [1.82, 2.24) is 0 Å². The second-order valence-corrected chi connectivity index (χ2v) is 6.42. The smallest absolute Gasteiger partial charge is 0.0519 e. The third kappa shape index (κ3) is 2.47. The zero-order chi connectivity index (χ0) is 12.5. The van der Waals surface area contributed by atoms with Crippen LogP contribution >= 0.6 is 31.9 Å². The van der Waals surface area contributed by atoms with Crippen LogP contribution in [-0.2, 0) is 6.42 Å². The first-order valence-corrected chi connectivity index (χ1v) is 7.61. The maximum absolute atomic E-state index is 3.61. The topological polar surface area (TPSA) is 12.0 Å². The molecule has 3 heteroatoms. The monoisotopic (exact) mass is 365 g/mol. The second-order valence-electron chi connectivity index (χ2n) is 4.59. The van der Waals surface area contributed by atoms with Gasteiger partial charge < -0.3 is 5.32 Å². The summed E-state index contributed by atoms with van der Waals surface area (Å²) in [6, 6.07) is 15.4. The van der Waals surface area contributed by atoms with Crippen LogP contribution in [-0.4, -0.2) is 0 Å². The molecule has 1 nitrogen and oxygen atoms in total. The molecule has 0 saturated heterocycles. The van der Waals surface area contributed by atoms with E-state index in [1.165, 1.54) is 21.3 Å². The maximum Gasteiger partial charge on any atom is 0.0519 e. The molecule has 2 aromatic rings. The highest BCUT2D eigenvalue weighted by molar-refractivity contribution is 9.10. The summed E-state index contributed by atoms with van der Waals surface area (Å²) in [5.41, 5.74) is 4.06. The van der Waals surface area contributed by atoms with Gasteiger partial charge in [0, 0.05) is 14.6 Å². The molecule has 18 heavy (non-hydrogen) atoms. The van der Waals surface area contributed by atoms with Gasteiger partial charge in [0.2, 0.25) is 0 Å². The maximum atomic E-state index is 3.61. The summed E-state index contributed by atoms with van der Waals surface area (Å²) < 4.78 is 2.28. The van der Waals surface area contributed by atoms with Gasteiger partial charge in [-0.25, -0.2) is 0 Å². The number of benzene rings is 2. The molecular formula is C15H13Br2N. The molecule has 0 fully saturated rings. The molecule has 1 N–H and O–H groups in total. The van der Waals surface area contributed by atoms with Crippen LogP contribution in [0.15, 0.2) is 51.4 Å². The lowest BCUT2D eigenvalue weighted by atomic mass is 10.1. The minimum absolute atomic E-state index is 0.433. The highest BCUT2D eigenvalue weighted by Crippen LogP contribution is 2.35. The molecule has 0 saturated carbocycles. The average molecular weight is 367 g/mol. The van der Waals surface area contributed by atoms with E-state index in [1.807, 2.05) is 6.07 Å². The van der Waals surface area contributed by atoms with E-state index < -0.39 is 0 Å². The summed E-state index contributed by atoms with van der Waals surface area (Å²) in [4.78, 5) is 0. The molecule has 2 aromatic carbocycles. The van der Waals surface area contributed by atoms with Crippen LogP contribution in [0.1, 0.15) is 23.6 Å². The molecule has 3 rings (SSSR count). The Bertz CT molecular complexity index is 580. The van der Waals surface area contributed by atoms with Gasteiger partial charge in [-0.05, 0) is 54.3 Å². The Morgan fingerprint density at radius 2 is 1.83 bits per heavy atom. The minimum atomic E-state index is 0.433.